The number of hydrogen-bond acceptors (Lipinski definition) is 8. The van der Waals surface area contributed by atoms with Gasteiger partial charge >= 0.3 is 0 Å². The lowest BCUT2D eigenvalue weighted by molar-refractivity contribution is -0.165. The quantitative estimate of drug-likeness (QED) is 0.404. The van der Waals surface area contributed by atoms with E-state index in [1.807, 2.05) is 0 Å². The first-order valence-electron chi connectivity index (χ1n) is 8.94. The normalized spacial score (nSPS) is 28.4. The highest BCUT2D eigenvalue weighted by Crippen LogP contribution is 2.45. The first kappa shape index (κ1) is 19.3. The van der Waals surface area contributed by atoms with Crippen LogP contribution in [0.25, 0.3) is 6.08 Å². The summed E-state index contributed by atoms with van der Waals surface area (Å²) in [5.74, 6) is 0.231. The topological polar surface area (TPSA) is 153 Å². The van der Waals surface area contributed by atoms with Crippen LogP contribution in [0, 0.1) is 0 Å². The number of phenols is 3. The van der Waals surface area contributed by atoms with Crippen molar-refractivity contribution in [1.29, 1.82) is 0 Å². The Bertz CT molecular complexity index is 924. The number of phenolic OH excluding ortho intramolecular Hbond substituents is 3. The van der Waals surface area contributed by atoms with Crippen molar-refractivity contribution in [1.82, 2.24) is 0 Å². The molecule has 2 aliphatic rings. The summed E-state index contributed by atoms with van der Waals surface area (Å²) in [6, 6.07) is 8.77. The van der Waals surface area contributed by atoms with Gasteiger partial charge in [0, 0.05) is 12.1 Å². The molecule has 0 spiro atoms. The van der Waals surface area contributed by atoms with Crippen LogP contribution in [0.2, 0.25) is 0 Å². The zero-order valence-electron chi connectivity index (χ0n) is 15.1. The minimum atomic E-state index is -1.40. The molecular weight excluding hydrogens is 384 g/mol. The van der Waals surface area contributed by atoms with Crippen LogP contribution in [0.15, 0.2) is 42.2 Å². The van der Waals surface area contributed by atoms with Gasteiger partial charge in [0.2, 0.25) is 6.29 Å². The van der Waals surface area contributed by atoms with E-state index in [2.05, 4.69) is 4.74 Å². The third kappa shape index (κ3) is 3.56. The number of fused-ring (bicyclic) bond motifs is 1. The number of hydrogen-bond donors (Lipinski definition) is 6. The zero-order valence-corrected chi connectivity index (χ0v) is 15.1. The van der Waals surface area contributed by atoms with E-state index in [4.69, 9.17) is 9.47 Å². The lowest BCUT2D eigenvalue weighted by Crippen LogP contribution is -2.35. The Hall–Kier alpha value is -2.98. The van der Waals surface area contributed by atoms with Gasteiger partial charge in [-0.3, -0.25) is 0 Å². The average Bonchev–Trinajstić information content (AvgIpc) is 2.96. The third-order valence-electron chi connectivity index (χ3n) is 4.90. The molecular formula is C20H21O9+. The number of benzene rings is 2. The minimum Gasteiger partial charge on any atom is -0.571 e. The first-order chi connectivity index (χ1) is 13.9. The summed E-state index contributed by atoms with van der Waals surface area (Å²) in [6.07, 6.45) is -4.21. The minimum absolute atomic E-state index is 0.0650. The molecule has 9 heteroatoms. The van der Waals surface area contributed by atoms with Gasteiger partial charge in [0.15, 0.2) is 5.76 Å². The molecule has 1 saturated heterocycles. The summed E-state index contributed by atoms with van der Waals surface area (Å²) in [7, 11) is 0. The summed E-state index contributed by atoms with van der Waals surface area (Å²) >= 11 is 0. The predicted octanol–water partition coefficient (Wildman–Crippen LogP) is 0.596. The third-order valence-corrected chi connectivity index (χ3v) is 4.90. The molecule has 4 rings (SSSR count). The Balaban J connectivity index is 1.71. The van der Waals surface area contributed by atoms with Crippen molar-refractivity contribution in [2.24, 2.45) is 0 Å². The summed E-state index contributed by atoms with van der Waals surface area (Å²) in [6.45, 7) is -0.494. The largest absolute Gasteiger partial charge is 0.571 e. The van der Waals surface area contributed by atoms with Crippen LogP contribution < -0.4 is 0 Å². The van der Waals surface area contributed by atoms with Crippen molar-refractivity contribution in [2.75, 3.05) is 6.61 Å². The van der Waals surface area contributed by atoms with Gasteiger partial charge in [0.1, 0.15) is 41.1 Å². The van der Waals surface area contributed by atoms with Crippen LogP contribution in [0.4, 0.5) is 0 Å². The van der Waals surface area contributed by atoms with Gasteiger partial charge in [-0.1, -0.05) is 0 Å². The van der Waals surface area contributed by atoms with E-state index in [9.17, 15) is 30.6 Å². The van der Waals surface area contributed by atoms with Crippen LogP contribution in [0.1, 0.15) is 17.2 Å². The van der Waals surface area contributed by atoms with Gasteiger partial charge in [-0.05, 0) is 24.3 Å². The Morgan fingerprint density at radius 1 is 0.966 bits per heavy atom. The van der Waals surface area contributed by atoms with Gasteiger partial charge in [-0.2, -0.15) is 0 Å². The number of aromatic hydroxyl groups is 4. The van der Waals surface area contributed by atoms with Gasteiger partial charge in [-0.25, -0.2) is 0 Å². The van der Waals surface area contributed by atoms with Crippen molar-refractivity contribution in [3.63, 3.8) is 0 Å². The summed E-state index contributed by atoms with van der Waals surface area (Å²) in [4.78, 5) is 0. The second-order valence-electron chi connectivity index (χ2n) is 6.89. The van der Waals surface area contributed by atoms with Crippen molar-refractivity contribution in [2.45, 2.75) is 30.7 Å². The molecule has 0 aliphatic carbocycles. The molecule has 154 valence electrons. The molecule has 1 unspecified atom stereocenters. The maximum Gasteiger partial charge on any atom is 0.270 e. The molecule has 5 atom stereocenters. The van der Waals surface area contributed by atoms with E-state index < -0.39 is 37.3 Å². The summed E-state index contributed by atoms with van der Waals surface area (Å²) in [5, 5.41) is 58.9. The van der Waals surface area contributed by atoms with Crippen LogP contribution in [0.5, 0.6) is 23.0 Å². The second-order valence-corrected chi connectivity index (χ2v) is 6.89. The molecule has 0 radical (unpaired) electrons. The zero-order chi connectivity index (χ0) is 20.7. The Kier molecular flexibility index (Phi) is 4.97. The van der Waals surface area contributed by atoms with Crippen LogP contribution in [-0.4, -0.2) is 66.6 Å². The maximum absolute atomic E-state index is 10.2. The lowest BCUT2D eigenvalue weighted by Gasteiger charge is -2.27. The van der Waals surface area contributed by atoms with Crippen LogP contribution in [-0.2, 0) is 9.47 Å². The Morgan fingerprint density at radius 2 is 1.69 bits per heavy atom. The molecule has 7 N–H and O–H groups in total. The van der Waals surface area contributed by atoms with Gasteiger partial charge < -0.3 is 44.8 Å². The van der Waals surface area contributed by atoms with E-state index in [0.717, 1.165) is 6.07 Å². The standard InChI is InChI=1S/C20H20O9/c21-8-16-17(25)18(26)20(29-16)28-15-7-12-13(24)5-11(23)6-14(12)27-19(15)9-1-3-10(22)4-2-9/h1-7,16-26H,8H2/p+1/t16-,17-,18+,19?,20+/m1/s1. The monoisotopic (exact) mass is 405 g/mol. The number of aliphatic hydroxyl groups excluding tert-OH is 3. The molecule has 2 heterocycles. The van der Waals surface area contributed by atoms with E-state index in [1.165, 1.54) is 24.3 Å². The van der Waals surface area contributed by atoms with Gasteiger partial charge in [0.25, 0.3) is 11.9 Å². The second kappa shape index (κ2) is 7.45. The average molecular weight is 405 g/mol. The van der Waals surface area contributed by atoms with E-state index >= 15 is 0 Å². The predicted molar refractivity (Wildman–Crippen MR) is 99.1 cm³/mol. The van der Waals surface area contributed by atoms with Gasteiger partial charge in [0.05, 0.1) is 18.2 Å². The highest BCUT2D eigenvalue weighted by atomic mass is 16.7. The number of aliphatic hydroxyl groups is 4. The summed E-state index contributed by atoms with van der Waals surface area (Å²) < 4.78 is 15.7. The molecule has 2 aromatic carbocycles. The molecule has 0 saturated carbocycles. The van der Waals surface area contributed by atoms with Crippen molar-refractivity contribution in [3.05, 3.63) is 53.3 Å². The SMILES string of the molecule is OC[C@H]1O[C@H](OC2=Cc3c(O)cc(O)cc3[OH+]C2c2ccc(O)cc2)[C@@H](O)[C@@H]1O. The summed E-state index contributed by atoms with van der Waals surface area (Å²) in [5.41, 5.74) is 0.939. The highest BCUT2D eigenvalue weighted by molar-refractivity contribution is 5.69. The first-order valence-corrected chi connectivity index (χ1v) is 8.94. The maximum atomic E-state index is 10.2. The van der Waals surface area contributed by atoms with E-state index in [-0.39, 0.29) is 23.0 Å². The Labute approximate surface area is 165 Å². The number of ether oxygens (including phenoxy) is 3. The molecule has 29 heavy (non-hydrogen) atoms. The highest BCUT2D eigenvalue weighted by Gasteiger charge is 2.46. The fourth-order valence-electron chi connectivity index (χ4n) is 3.38. The fourth-order valence-corrected chi connectivity index (χ4v) is 3.38. The van der Waals surface area contributed by atoms with Crippen molar-refractivity contribution < 1.29 is 44.8 Å². The van der Waals surface area contributed by atoms with Gasteiger partial charge in [-0.15, -0.1) is 0 Å². The molecule has 1 fully saturated rings. The lowest BCUT2D eigenvalue weighted by atomic mass is 10.0. The van der Waals surface area contributed by atoms with E-state index in [1.54, 1.807) is 12.1 Å². The van der Waals surface area contributed by atoms with E-state index in [0.29, 0.717) is 16.9 Å². The molecule has 0 amide bonds. The molecule has 9 nitrogen and oxygen atoms in total. The molecule has 0 aromatic heterocycles. The smallest absolute Gasteiger partial charge is 0.270 e. The van der Waals surface area contributed by atoms with Crippen LogP contribution >= 0.6 is 0 Å². The molecule has 2 aromatic rings. The fraction of sp³-hybridized carbons (Fsp3) is 0.300. The van der Waals surface area contributed by atoms with Crippen LogP contribution in [0.3, 0.4) is 0 Å². The van der Waals surface area contributed by atoms with Crippen molar-refractivity contribution in [3.8, 4) is 23.0 Å². The molecule has 2 aliphatic heterocycles. The van der Waals surface area contributed by atoms with Crippen molar-refractivity contribution >= 4 is 6.08 Å². The Morgan fingerprint density at radius 3 is 2.34 bits per heavy atom. The molecule has 0 bridgehead atoms. The number of rotatable bonds is 4.